The number of carboxylic acids is 2. The molecule has 2 rings (SSSR count). The molecule has 0 aliphatic carbocycles. The second kappa shape index (κ2) is 12.2. The first kappa shape index (κ1) is 25.3. The standard InChI is InChI=1S/C22H24N2O6S2/c1-13(11-19(25)26)23-21(29)15-7-3-5-9-17(15)31-32-18-10-6-4-8-16(18)22(30)24-14(2)12-20(27)28/h3-10,13-14H,11-12H2,1-2H3,(H,23,29)(H,24,30)(H,25,26)(H,27,28). The molecule has 170 valence electrons. The van der Waals surface area contributed by atoms with E-state index in [2.05, 4.69) is 10.6 Å². The zero-order valence-corrected chi connectivity index (χ0v) is 19.2. The van der Waals surface area contributed by atoms with Crippen molar-refractivity contribution in [1.82, 2.24) is 10.6 Å². The highest BCUT2D eigenvalue weighted by molar-refractivity contribution is 8.76. The first-order valence-corrected chi connectivity index (χ1v) is 11.9. The second-order valence-electron chi connectivity index (χ2n) is 7.10. The Morgan fingerprint density at radius 3 is 1.41 bits per heavy atom. The maximum absolute atomic E-state index is 12.6. The summed E-state index contributed by atoms with van der Waals surface area (Å²) in [6, 6.07) is 12.8. The van der Waals surface area contributed by atoms with Crippen LogP contribution in [-0.2, 0) is 9.59 Å². The zero-order chi connectivity index (χ0) is 23.7. The molecule has 0 radical (unpaired) electrons. The molecule has 0 saturated heterocycles. The minimum atomic E-state index is -0.997. The Labute approximate surface area is 193 Å². The van der Waals surface area contributed by atoms with Crippen molar-refractivity contribution in [3.8, 4) is 0 Å². The average molecular weight is 477 g/mol. The molecule has 0 aliphatic rings. The largest absolute Gasteiger partial charge is 0.481 e. The Bertz CT molecular complexity index is 918. The number of hydrogen-bond acceptors (Lipinski definition) is 6. The van der Waals surface area contributed by atoms with Crippen LogP contribution in [0, 0.1) is 0 Å². The Morgan fingerprint density at radius 2 is 1.06 bits per heavy atom. The first-order valence-electron chi connectivity index (χ1n) is 9.75. The summed E-state index contributed by atoms with van der Waals surface area (Å²) in [7, 11) is 2.59. The van der Waals surface area contributed by atoms with Crippen LogP contribution in [0.25, 0.3) is 0 Å². The highest BCUT2D eigenvalue weighted by Gasteiger charge is 2.18. The van der Waals surface area contributed by atoms with Crippen LogP contribution in [0.15, 0.2) is 58.3 Å². The van der Waals surface area contributed by atoms with Gasteiger partial charge in [-0.15, -0.1) is 0 Å². The van der Waals surface area contributed by atoms with E-state index in [1.807, 2.05) is 0 Å². The molecule has 10 heteroatoms. The van der Waals surface area contributed by atoms with Crippen LogP contribution in [0.4, 0.5) is 0 Å². The molecule has 8 nitrogen and oxygen atoms in total. The summed E-state index contributed by atoms with van der Waals surface area (Å²) in [6.07, 6.45) is -0.364. The average Bonchev–Trinajstić information content (AvgIpc) is 2.71. The molecule has 0 aromatic heterocycles. The summed E-state index contributed by atoms with van der Waals surface area (Å²) < 4.78 is 0. The van der Waals surface area contributed by atoms with Gasteiger partial charge in [0, 0.05) is 21.9 Å². The fraction of sp³-hybridized carbons (Fsp3) is 0.273. The highest BCUT2D eigenvalue weighted by Crippen LogP contribution is 2.40. The van der Waals surface area contributed by atoms with Crippen LogP contribution in [0.3, 0.4) is 0 Å². The van der Waals surface area contributed by atoms with Crippen LogP contribution in [0.1, 0.15) is 47.4 Å². The summed E-state index contributed by atoms with van der Waals surface area (Å²) in [5.41, 5.74) is 0.804. The van der Waals surface area contributed by atoms with Crippen molar-refractivity contribution in [2.75, 3.05) is 0 Å². The molecule has 0 bridgehead atoms. The van der Waals surface area contributed by atoms with Gasteiger partial charge in [0.25, 0.3) is 11.8 Å². The van der Waals surface area contributed by atoms with Gasteiger partial charge in [0.1, 0.15) is 0 Å². The van der Waals surface area contributed by atoms with Crippen molar-refractivity contribution in [3.05, 3.63) is 59.7 Å². The maximum Gasteiger partial charge on any atom is 0.305 e. The fourth-order valence-electron chi connectivity index (χ4n) is 2.77. The normalized spacial score (nSPS) is 12.4. The number of carbonyl (C=O) groups is 4. The topological polar surface area (TPSA) is 133 Å². The SMILES string of the molecule is CC(CC(=O)O)NC(=O)c1ccccc1SSc1ccccc1C(=O)NC(C)CC(=O)O. The number of amides is 2. The van der Waals surface area contributed by atoms with Gasteiger partial charge in [-0.3, -0.25) is 19.2 Å². The van der Waals surface area contributed by atoms with E-state index in [1.54, 1.807) is 62.4 Å². The molecule has 0 heterocycles. The van der Waals surface area contributed by atoms with Crippen LogP contribution in [0.5, 0.6) is 0 Å². The van der Waals surface area contributed by atoms with Crippen molar-refractivity contribution in [3.63, 3.8) is 0 Å². The van der Waals surface area contributed by atoms with E-state index in [4.69, 9.17) is 10.2 Å². The van der Waals surface area contributed by atoms with E-state index >= 15 is 0 Å². The number of carboxylic acid groups (broad SMARTS) is 2. The smallest absolute Gasteiger partial charge is 0.305 e. The van der Waals surface area contributed by atoms with Gasteiger partial charge in [0.2, 0.25) is 0 Å². The summed E-state index contributed by atoms with van der Waals surface area (Å²) in [5, 5.41) is 23.1. The maximum atomic E-state index is 12.6. The molecular weight excluding hydrogens is 452 g/mol. The lowest BCUT2D eigenvalue weighted by molar-refractivity contribution is -0.138. The predicted molar refractivity (Wildman–Crippen MR) is 123 cm³/mol. The van der Waals surface area contributed by atoms with E-state index in [0.29, 0.717) is 20.9 Å². The molecule has 0 aliphatic heterocycles. The molecule has 2 aromatic carbocycles. The number of rotatable bonds is 11. The molecule has 0 spiro atoms. The third-order valence-corrected chi connectivity index (χ3v) is 6.68. The zero-order valence-electron chi connectivity index (χ0n) is 17.5. The summed E-state index contributed by atoms with van der Waals surface area (Å²) in [5.74, 6) is -2.75. The Morgan fingerprint density at radius 1 is 0.719 bits per heavy atom. The van der Waals surface area contributed by atoms with Gasteiger partial charge in [-0.05, 0) is 38.1 Å². The molecule has 2 aromatic rings. The third-order valence-electron chi connectivity index (χ3n) is 4.20. The number of nitrogens with one attached hydrogen (secondary N) is 2. The van der Waals surface area contributed by atoms with Gasteiger partial charge < -0.3 is 20.8 Å². The molecule has 2 amide bonds. The van der Waals surface area contributed by atoms with Crippen LogP contribution in [0.2, 0.25) is 0 Å². The molecule has 4 N–H and O–H groups in total. The van der Waals surface area contributed by atoms with Gasteiger partial charge in [-0.1, -0.05) is 45.9 Å². The monoisotopic (exact) mass is 476 g/mol. The first-order chi connectivity index (χ1) is 15.2. The predicted octanol–water partition coefficient (Wildman–Crippen LogP) is 3.67. The van der Waals surface area contributed by atoms with Crippen LogP contribution >= 0.6 is 21.6 Å². The lowest BCUT2D eigenvalue weighted by Crippen LogP contribution is -2.34. The second-order valence-corrected chi connectivity index (χ2v) is 9.32. The summed E-state index contributed by atoms with van der Waals surface area (Å²) in [4.78, 5) is 48.2. The molecule has 2 atom stereocenters. The van der Waals surface area contributed by atoms with E-state index < -0.39 is 24.0 Å². The van der Waals surface area contributed by atoms with Crippen molar-refractivity contribution in [1.29, 1.82) is 0 Å². The number of benzene rings is 2. The van der Waals surface area contributed by atoms with Crippen molar-refractivity contribution >= 4 is 45.3 Å². The minimum Gasteiger partial charge on any atom is -0.481 e. The lowest BCUT2D eigenvalue weighted by Gasteiger charge is -2.15. The molecule has 0 saturated carbocycles. The van der Waals surface area contributed by atoms with E-state index in [0.717, 1.165) is 0 Å². The molecular formula is C22H24N2O6S2. The summed E-state index contributed by atoms with van der Waals surface area (Å²) >= 11 is 0. The molecule has 32 heavy (non-hydrogen) atoms. The van der Waals surface area contributed by atoms with Gasteiger partial charge in [0.15, 0.2) is 0 Å². The Kier molecular flexibility index (Phi) is 9.61. The minimum absolute atomic E-state index is 0.182. The fourth-order valence-corrected chi connectivity index (χ4v) is 5.13. The molecule has 0 fully saturated rings. The van der Waals surface area contributed by atoms with Crippen LogP contribution < -0.4 is 10.6 Å². The number of aliphatic carboxylic acids is 2. The van der Waals surface area contributed by atoms with Gasteiger partial charge in [0.05, 0.1) is 24.0 Å². The lowest BCUT2D eigenvalue weighted by atomic mass is 10.2. The van der Waals surface area contributed by atoms with Gasteiger partial charge in [-0.2, -0.15) is 0 Å². The van der Waals surface area contributed by atoms with Gasteiger partial charge in [-0.25, -0.2) is 0 Å². The Hall–Kier alpha value is -2.98. The van der Waals surface area contributed by atoms with E-state index in [-0.39, 0.29) is 24.7 Å². The van der Waals surface area contributed by atoms with Crippen molar-refractivity contribution < 1.29 is 29.4 Å². The van der Waals surface area contributed by atoms with Crippen molar-refractivity contribution in [2.45, 2.75) is 48.6 Å². The Balaban J connectivity index is 2.12. The van der Waals surface area contributed by atoms with E-state index in [1.165, 1.54) is 21.6 Å². The van der Waals surface area contributed by atoms with E-state index in [9.17, 15) is 19.2 Å². The quantitative estimate of drug-likeness (QED) is 0.361. The highest BCUT2D eigenvalue weighted by atomic mass is 33.1. The van der Waals surface area contributed by atoms with Gasteiger partial charge >= 0.3 is 11.9 Å². The number of hydrogen-bond donors (Lipinski definition) is 4. The summed E-state index contributed by atoms with van der Waals surface area (Å²) in [6.45, 7) is 3.24. The third kappa shape index (κ3) is 7.93. The van der Waals surface area contributed by atoms with Crippen LogP contribution in [-0.4, -0.2) is 46.0 Å². The number of carbonyl (C=O) groups excluding carboxylic acids is 2. The van der Waals surface area contributed by atoms with Crippen molar-refractivity contribution in [2.24, 2.45) is 0 Å². The molecule has 2 unspecified atom stereocenters.